The summed E-state index contributed by atoms with van der Waals surface area (Å²) < 4.78 is 4.44. The molecule has 4 nitrogen and oxygen atoms in total. The van der Waals surface area contributed by atoms with Crippen LogP contribution in [-0.2, 0) is 13.5 Å². The second-order valence-corrected chi connectivity index (χ2v) is 3.51. The summed E-state index contributed by atoms with van der Waals surface area (Å²) in [6.07, 6.45) is 6.62. The normalized spacial score (nSPS) is 10.7. The Hall–Kier alpha value is -1.36. The van der Waals surface area contributed by atoms with Gasteiger partial charge in [-0.3, -0.25) is 9.25 Å². The van der Waals surface area contributed by atoms with Crippen LogP contribution in [0.1, 0.15) is 12.6 Å². The van der Waals surface area contributed by atoms with Crippen molar-refractivity contribution < 1.29 is 0 Å². The van der Waals surface area contributed by atoms with E-state index in [4.69, 9.17) is 12.2 Å². The Morgan fingerprint density at radius 3 is 2.93 bits per heavy atom. The molecule has 0 fully saturated rings. The zero-order valence-electron chi connectivity index (χ0n) is 8.19. The van der Waals surface area contributed by atoms with E-state index in [1.807, 2.05) is 34.9 Å². The average molecular weight is 208 g/mol. The number of aromatic nitrogens is 4. The van der Waals surface area contributed by atoms with E-state index in [1.165, 1.54) is 0 Å². The van der Waals surface area contributed by atoms with Gasteiger partial charge in [0.1, 0.15) is 0 Å². The van der Waals surface area contributed by atoms with Gasteiger partial charge in [0.25, 0.3) is 0 Å². The fourth-order valence-corrected chi connectivity index (χ4v) is 1.71. The number of hydrogen-bond acceptors (Lipinski definition) is 2. The topological polar surface area (TPSA) is 38.5 Å². The van der Waals surface area contributed by atoms with E-state index in [2.05, 4.69) is 17.0 Å². The third-order valence-electron chi connectivity index (χ3n) is 2.13. The van der Waals surface area contributed by atoms with Crippen LogP contribution < -0.4 is 0 Å². The Balaban J connectivity index is 2.61. The van der Waals surface area contributed by atoms with Crippen LogP contribution in [-0.4, -0.2) is 19.3 Å². The second kappa shape index (κ2) is 3.42. The molecular formula is C9H12N4S. The van der Waals surface area contributed by atoms with Crippen LogP contribution in [0.2, 0.25) is 0 Å². The Morgan fingerprint density at radius 1 is 1.57 bits per heavy atom. The number of hydrogen-bond donors (Lipinski definition) is 1. The molecule has 0 atom stereocenters. The summed E-state index contributed by atoms with van der Waals surface area (Å²) >= 11 is 5.15. The Bertz CT molecular complexity index is 491. The summed E-state index contributed by atoms with van der Waals surface area (Å²) in [4.78, 5) is 2.97. The molecule has 14 heavy (non-hydrogen) atoms. The largest absolute Gasteiger partial charge is 0.337 e. The maximum atomic E-state index is 5.15. The average Bonchev–Trinajstić information content (AvgIpc) is 2.71. The zero-order chi connectivity index (χ0) is 10.1. The minimum Gasteiger partial charge on any atom is -0.337 e. The lowest BCUT2D eigenvalue weighted by Gasteiger charge is -1.99. The number of aromatic amines is 1. The van der Waals surface area contributed by atoms with Gasteiger partial charge in [-0.1, -0.05) is 6.92 Å². The molecule has 2 heterocycles. The molecule has 0 unspecified atom stereocenters. The Morgan fingerprint density at radius 2 is 2.36 bits per heavy atom. The monoisotopic (exact) mass is 208 g/mol. The minimum atomic E-state index is 0.702. The maximum absolute atomic E-state index is 5.15. The van der Waals surface area contributed by atoms with E-state index in [-0.39, 0.29) is 0 Å². The van der Waals surface area contributed by atoms with Crippen molar-refractivity contribution in [3.05, 3.63) is 29.1 Å². The van der Waals surface area contributed by atoms with Gasteiger partial charge in [0.05, 0.1) is 11.4 Å². The molecule has 0 bridgehead atoms. The lowest BCUT2D eigenvalue weighted by Crippen LogP contribution is -1.94. The van der Waals surface area contributed by atoms with E-state index in [0.29, 0.717) is 4.77 Å². The third-order valence-corrected chi connectivity index (χ3v) is 2.44. The van der Waals surface area contributed by atoms with E-state index in [0.717, 1.165) is 17.8 Å². The maximum Gasteiger partial charge on any atom is 0.181 e. The predicted molar refractivity (Wildman–Crippen MR) is 57.1 cm³/mol. The molecule has 0 amide bonds. The number of nitrogens with one attached hydrogen (secondary N) is 1. The van der Waals surface area contributed by atoms with Gasteiger partial charge in [-0.25, -0.2) is 0 Å². The summed E-state index contributed by atoms with van der Waals surface area (Å²) in [6.45, 7) is 2.09. The summed E-state index contributed by atoms with van der Waals surface area (Å²) in [6, 6.07) is 0. The summed E-state index contributed by atoms with van der Waals surface area (Å²) in [5.41, 5.74) is 2.12. The molecule has 0 aromatic carbocycles. The van der Waals surface area contributed by atoms with Gasteiger partial charge in [-0.2, -0.15) is 5.10 Å². The van der Waals surface area contributed by atoms with Crippen LogP contribution in [0.3, 0.4) is 0 Å². The van der Waals surface area contributed by atoms with E-state index >= 15 is 0 Å². The van der Waals surface area contributed by atoms with Crippen LogP contribution in [0.5, 0.6) is 0 Å². The first-order valence-corrected chi connectivity index (χ1v) is 4.92. The van der Waals surface area contributed by atoms with Gasteiger partial charge in [0.2, 0.25) is 0 Å². The van der Waals surface area contributed by atoms with Gasteiger partial charge in [0, 0.05) is 25.6 Å². The van der Waals surface area contributed by atoms with Crippen molar-refractivity contribution in [3.63, 3.8) is 0 Å². The molecule has 0 saturated heterocycles. The minimum absolute atomic E-state index is 0.702. The summed E-state index contributed by atoms with van der Waals surface area (Å²) in [5.74, 6) is 0. The standard InChI is InChI=1S/C9H12N4S/c1-3-7-8(6-12(2)11-7)13-5-4-10-9(13)14/h4-6H,3H2,1-2H3,(H,10,14). The van der Waals surface area contributed by atoms with Crippen molar-refractivity contribution in [1.82, 2.24) is 19.3 Å². The van der Waals surface area contributed by atoms with Crippen molar-refractivity contribution >= 4 is 12.2 Å². The highest BCUT2D eigenvalue weighted by Gasteiger charge is 2.07. The number of aryl methyl sites for hydroxylation is 2. The first-order chi connectivity index (χ1) is 6.72. The lowest BCUT2D eigenvalue weighted by molar-refractivity contribution is 0.746. The molecule has 0 radical (unpaired) electrons. The van der Waals surface area contributed by atoms with E-state index in [1.54, 1.807) is 0 Å². The molecule has 0 aliphatic heterocycles. The van der Waals surface area contributed by atoms with E-state index in [9.17, 15) is 0 Å². The smallest absolute Gasteiger partial charge is 0.181 e. The van der Waals surface area contributed by atoms with Crippen molar-refractivity contribution in [2.24, 2.45) is 7.05 Å². The molecule has 5 heteroatoms. The van der Waals surface area contributed by atoms with Crippen LogP contribution in [0.25, 0.3) is 5.69 Å². The molecule has 74 valence electrons. The SMILES string of the molecule is CCc1nn(C)cc1-n1cc[nH]c1=S. The highest BCUT2D eigenvalue weighted by Crippen LogP contribution is 2.13. The van der Waals surface area contributed by atoms with Gasteiger partial charge in [-0.15, -0.1) is 0 Å². The number of rotatable bonds is 2. The molecule has 0 spiro atoms. The number of nitrogens with zero attached hydrogens (tertiary/aromatic N) is 3. The number of H-pyrrole nitrogens is 1. The predicted octanol–water partition coefficient (Wildman–Crippen LogP) is 1.83. The van der Waals surface area contributed by atoms with Crippen molar-refractivity contribution in [3.8, 4) is 5.69 Å². The highest BCUT2D eigenvalue weighted by molar-refractivity contribution is 7.71. The Labute approximate surface area is 87.2 Å². The van der Waals surface area contributed by atoms with E-state index < -0.39 is 0 Å². The Kier molecular flexibility index (Phi) is 2.25. The quantitative estimate of drug-likeness (QED) is 0.765. The second-order valence-electron chi connectivity index (χ2n) is 3.12. The van der Waals surface area contributed by atoms with Gasteiger partial charge >= 0.3 is 0 Å². The molecule has 0 saturated carbocycles. The molecule has 2 aromatic heterocycles. The molecular weight excluding hydrogens is 196 g/mol. The van der Waals surface area contributed by atoms with Crippen LogP contribution in [0.4, 0.5) is 0 Å². The molecule has 0 aliphatic carbocycles. The molecule has 1 N–H and O–H groups in total. The fraction of sp³-hybridized carbons (Fsp3) is 0.333. The van der Waals surface area contributed by atoms with Crippen LogP contribution >= 0.6 is 12.2 Å². The number of imidazole rings is 1. The summed E-state index contributed by atoms with van der Waals surface area (Å²) in [7, 11) is 1.92. The van der Waals surface area contributed by atoms with Crippen LogP contribution in [0.15, 0.2) is 18.6 Å². The van der Waals surface area contributed by atoms with Gasteiger partial charge in [-0.05, 0) is 18.6 Å². The first-order valence-electron chi connectivity index (χ1n) is 4.51. The molecule has 2 aromatic rings. The summed E-state index contributed by atoms with van der Waals surface area (Å²) in [5, 5.41) is 4.36. The van der Waals surface area contributed by atoms with Gasteiger partial charge < -0.3 is 4.98 Å². The fourth-order valence-electron chi connectivity index (χ4n) is 1.49. The lowest BCUT2D eigenvalue weighted by atomic mass is 10.3. The zero-order valence-corrected chi connectivity index (χ0v) is 9.01. The van der Waals surface area contributed by atoms with Crippen molar-refractivity contribution in [1.29, 1.82) is 0 Å². The van der Waals surface area contributed by atoms with Gasteiger partial charge in [0.15, 0.2) is 4.77 Å². The van der Waals surface area contributed by atoms with Crippen LogP contribution in [0, 0.1) is 4.77 Å². The molecule has 2 rings (SSSR count). The first kappa shape index (κ1) is 9.21. The third kappa shape index (κ3) is 1.39. The highest BCUT2D eigenvalue weighted by atomic mass is 32.1. The molecule has 0 aliphatic rings. The van der Waals surface area contributed by atoms with Crippen molar-refractivity contribution in [2.45, 2.75) is 13.3 Å². The van der Waals surface area contributed by atoms with Crippen molar-refractivity contribution in [2.75, 3.05) is 0 Å².